The fourth-order valence-electron chi connectivity index (χ4n) is 3.30. The summed E-state index contributed by atoms with van der Waals surface area (Å²) in [5, 5.41) is 7.79. The second-order valence-corrected chi connectivity index (χ2v) is 7.79. The first kappa shape index (κ1) is 20.1. The largest absolute Gasteiger partial charge is 0.436 e. The molecule has 0 aromatic carbocycles. The van der Waals surface area contributed by atoms with E-state index in [0.29, 0.717) is 19.4 Å². The van der Waals surface area contributed by atoms with Gasteiger partial charge in [0.15, 0.2) is 6.10 Å². The van der Waals surface area contributed by atoms with Gasteiger partial charge in [0, 0.05) is 18.5 Å². The molecule has 0 bridgehead atoms. The van der Waals surface area contributed by atoms with E-state index in [-0.39, 0.29) is 24.3 Å². The third kappa shape index (κ3) is 5.67. The van der Waals surface area contributed by atoms with Gasteiger partial charge in [-0.1, -0.05) is 12.8 Å². The average molecular weight is 394 g/mol. The third-order valence-corrected chi connectivity index (χ3v) is 5.25. The van der Waals surface area contributed by atoms with Crippen molar-refractivity contribution in [3.63, 3.8) is 0 Å². The van der Waals surface area contributed by atoms with Gasteiger partial charge in [-0.2, -0.15) is 0 Å². The molecule has 3 aliphatic rings. The van der Waals surface area contributed by atoms with Crippen LogP contribution in [-0.4, -0.2) is 54.3 Å². The maximum atomic E-state index is 12.6. The minimum atomic E-state index is -1.17. The number of nitrogens with one attached hydrogen (secondary N) is 3. The van der Waals surface area contributed by atoms with E-state index in [1.54, 1.807) is 0 Å². The molecular formula is C18H26N4O6. The van der Waals surface area contributed by atoms with Gasteiger partial charge >= 0.3 is 6.09 Å². The Labute approximate surface area is 162 Å². The number of hydrogen-bond acceptors (Lipinski definition) is 6. The number of primary amides is 1. The molecular weight excluding hydrogens is 368 g/mol. The van der Waals surface area contributed by atoms with Gasteiger partial charge in [-0.15, -0.1) is 0 Å². The number of amides is 4. The lowest BCUT2D eigenvalue weighted by Crippen LogP contribution is -2.52. The highest BCUT2D eigenvalue weighted by atomic mass is 16.6. The summed E-state index contributed by atoms with van der Waals surface area (Å²) in [7, 11) is 0. The Morgan fingerprint density at radius 1 is 1.11 bits per heavy atom. The van der Waals surface area contributed by atoms with Crippen molar-refractivity contribution in [2.75, 3.05) is 6.54 Å². The molecule has 2 aliphatic carbocycles. The fraction of sp³-hybridized carbons (Fsp3) is 0.722. The number of nitrogens with two attached hydrogens (primary N) is 1. The van der Waals surface area contributed by atoms with Gasteiger partial charge in [0.1, 0.15) is 0 Å². The normalized spacial score (nSPS) is 23.3. The van der Waals surface area contributed by atoms with Crippen molar-refractivity contribution >= 4 is 29.6 Å². The molecule has 0 aromatic rings. The average Bonchev–Trinajstić information content (AvgIpc) is 3.55. The highest BCUT2D eigenvalue weighted by Gasteiger charge is 2.38. The molecule has 0 aromatic heterocycles. The zero-order chi connectivity index (χ0) is 20.3. The van der Waals surface area contributed by atoms with E-state index < -0.39 is 41.8 Å². The van der Waals surface area contributed by atoms with Crippen LogP contribution in [0.2, 0.25) is 0 Å². The lowest BCUT2D eigenvalue weighted by atomic mass is 9.95. The molecule has 2 saturated carbocycles. The molecule has 10 heteroatoms. The van der Waals surface area contributed by atoms with Crippen LogP contribution in [0.1, 0.15) is 44.9 Å². The number of hydrogen-bond donors (Lipinski definition) is 4. The summed E-state index contributed by atoms with van der Waals surface area (Å²) >= 11 is 0. The van der Waals surface area contributed by atoms with Gasteiger partial charge < -0.3 is 26.4 Å². The minimum Gasteiger partial charge on any atom is -0.436 e. The molecule has 5 N–H and O–H groups in total. The van der Waals surface area contributed by atoms with Gasteiger partial charge in [0.05, 0.1) is 6.04 Å². The Kier molecular flexibility index (Phi) is 6.15. The summed E-state index contributed by atoms with van der Waals surface area (Å²) in [5.74, 6) is -2.67. The van der Waals surface area contributed by atoms with Crippen LogP contribution >= 0.6 is 0 Å². The number of Topliss-reactive ketones (excluding diaryl/α,β-unsaturated/α-hetero) is 1. The van der Waals surface area contributed by atoms with Crippen LogP contribution in [-0.2, 0) is 23.9 Å². The fourth-order valence-corrected chi connectivity index (χ4v) is 3.30. The third-order valence-electron chi connectivity index (χ3n) is 5.25. The van der Waals surface area contributed by atoms with Crippen LogP contribution in [0.5, 0.6) is 0 Å². The van der Waals surface area contributed by atoms with Crippen molar-refractivity contribution in [3.05, 3.63) is 0 Å². The molecule has 0 radical (unpaired) electrons. The summed E-state index contributed by atoms with van der Waals surface area (Å²) in [5.41, 5.74) is 5.05. The Hall–Kier alpha value is -2.65. The molecule has 0 spiro atoms. The number of rotatable bonds is 10. The van der Waals surface area contributed by atoms with Gasteiger partial charge in [0.25, 0.3) is 11.8 Å². The second kappa shape index (κ2) is 8.57. The van der Waals surface area contributed by atoms with Crippen molar-refractivity contribution in [1.82, 2.24) is 16.0 Å². The van der Waals surface area contributed by atoms with Gasteiger partial charge in [-0.3, -0.25) is 19.2 Å². The predicted octanol–water partition coefficient (Wildman–Crippen LogP) is -0.891. The summed E-state index contributed by atoms with van der Waals surface area (Å²) in [6.07, 6.45) is 2.14. The van der Waals surface area contributed by atoms with Crippen molar-refractivity contribution in [2.24, 2.45) is 17.6 Å². The summed E-state index contributed by atoms with van der Waals surface area (Å²) < 4.78 is 4.91. The molecule has 3 rings (SSSR count). The standard InChI is InChI=1S/C18H26N4O6/c19-18(27)28-13(7-9-1-2-9)16(25)22-12(8-10-5-6-20-15(10)24)14(23)17(26)21-11-3-4-11/h9-13H,1-8H2,(H2,19,27)(H,20,24)(H,21,26)(H,22,25)/t10?,12?,13-/m0/s1. The molecule has 1 aliphatic heterocycles. The molecule has 3 fully saturated rings. The molecule has 10 nitrogen and oxygen atoms in total. The Morgan fingerprint density at radius 2 is 1.82 bits per heavy atom. The van der Waals surface area contributed by atoms with Crippen molar-refractivity contribution in [3.8, 4) is 0 Å². The summed E-state index contributed by atoms with van der Waals surface area (Å²) in [6, 6.07) is -1.18. The molecule has 1 heterocycles. The van der Waals surface area contributed by atoms with E-state index in [2.05, 4.69) is 16.0 Å². The Balaban J connectivity index is 1.67. The number of carbonyl (C=O) groups excluding carboxylic acids is 5. The quantitative estimate of drug-likeness (QED) is 0.352. The second-order valence-electron chi connectivity index (χ2n) is 7.79. The minimum absolute atomic E-state index is 0.0107. The first-order valence-corrected chi connectivity index (χ1v) is 9.72. The molecule has 3 atom stereocenters. The summed E-state index contributed by atoms with van der Waals surface area (Å²) in [6.45, 7) is 0.488. The van der Waals surface area contributed by atoms with Crippen LogP contribution in [0.25, 0.3) is 0 Å². The molecule has 154 valence electrons. The topological polar surface area (TPSA) is 157 Å². The predicted molar refractivity (Wildman–Crippen MR) is 95.6 cm³/mol. The van der Waals surface area contributed by atoms with Crippen LogP contribution in [0, 0.1) is 11.8 Å². The number of ketones is 1. The van der Waals surface area contributed by atoms with Crippen molar-refractivity contribution in [1.29, 1.82) is 0 Å². The maximum absolute atomic E-state index is 12.6. The van der Waals surface area contributed by atoms with Gasteiger partial charge in [0.2, 0.25) is 11.7 Å². The van der Waals surface area contributed by atoms with Gasteiger partial charge in [-0.25, -0.2) is 4.79 Å². The van der Waals surface area contributed by atoms with E-state index in [0.717, 1.165) is 25.7 Å². The van der Waals surface area contributed by atoms with E-state index in [1.165, 1.54) is 0 Å². The van der Waals surface area contributed by atoms with Gasteiger partial charge in [-0.05, 0) is 38.0 Å². The SMILES string of the molecule is NC(=O)O[C@@H](CC1CC1)C(=O)NC(CC1CCNC1=O)C(=O)C(=O)NC1CC1. The van der Waals surface area contributed by atoms with E-state index in [1.807, 2.05) is 0 Å². The van der Waals surface area contributed by atoms with E-state index in [9.17, 15) is 24.0 Å². The lowest BCUT2D eigenvalue weighted by molar-refractivity contribution is -0.142. The van der Waals surface area contributed by atoms with Crippen LogP contribution in [0.3, 0.4) is 0 Å². The number of carbonyl (C=O) groups is 5. The zero-order valence-electron chi connectivity index (χ0n) is 15.6. The Morgan fingerprint density at radius 3 is 2.36 bits per heavy atom. The van der Waals surface area contributed by atoms with Crippen molar-refractivity contribution in [2.45, 2.75) is 63.1 Å². The smallest absolute Gasteiger partial charge is 0.405 e. The molecule has 4 amide bonds. The van der Waals surface area contributed by atoms with Crippen LogP contribution < -0.4 is 21.7 Å². The first-order valence-electron chi connectivity index (χ1n) is 9.72. The highest BCUT2D eigenvalue weighted by molar-refractivity contribution is 6.38. The molecule has 28 heavy (non-hydrogen) atoms. The highest BCUT2D eigenvalue weighted by Crippen LogP contribution is 2.34. The summed E-state index contributed by atoms with van der Waals surface area (Å²) in [4.78, 5) is 60.5. The molecule has 2 unspecified atom stereocenters. The van der Waals surface area contributed by atoms with E-state index in [4.69, 9.17) is 10.5 Å². The monoisotopic (exact) mass is 394 g/mol. The van der Waals surface area contributed by atoms with Crippen LogP contribution in [0.15, 0.2) is 0 Å². The van der Waals surface area contributed by atoms with E-state index >= 15 is 0 Å². The first-order chi connectivity index (χ1) is 13.3. The Bertz CT molecular complexity index is 673. The lowest BCUT2D eigenvalue weighted by Gasteiger charge is -2.23. The number of ether oxygens (including phenoxy) is 1. The maximum Gasteiger partial charge on any atom is 0.405 e. The van der Waals surface area contributed by atoms with Crippen LogP contribution in [0.4, 0.5) is 4.79 Å². The zero-order valence-corrected chi connectivity index (χ0v) is 15.6. The van der Waals surface area contributed by atoms with Crippen molar-refractivity contribution < 1.29 is 28.7 Å². The molecule has 1 saturated heterocycles.